The van der Waals surface area contributed by atoms with Gasteiger partial charge in [0.2, 0.25) is 5.91 Å². The third kappa shape index (κ3) is 3.10. The molecule has 1 spiro atoms. The van der Waals surface area contributed by atoms with Crippen molar-refractivity contribution in [2.45, 2.75) is 19.3 Å². The molecule has 1 heterocycles. The molecule has 1 amide bonds. The fourth-order valence-corrected chi connectivity index (χ4v) is 2.55. The van der Waals surface area contributed by atoms with Gasteiger partial charge in [0, 0.05) is 5.92 Å². The summed E-state index contributed by atoms with van der Waals surface area (Å²) in [4.78, 5) is 22.6. The Morgan fingerprint density at radius 3 is 2.65 bits per heavy atom. The Morgan fingerprint density at radius 2 is 2.06 bits per heavy atom. The lowest BCUT2D eigenvalue weighted by Gasteiger charge is -2.23. The molecular formula is C11H19ClN2O3. The van der Waals surface area contributed by atoms with Gasteiger partial charge >= 0.3 is 5.97 Å². The molecule has 1 unspecified atom stereocenters. The summed E-state index contributed by atoms with van der Waals surface area (Å²) in [7, 11) is 1.32. The standard InChI is InChI=1S/C11H18N2O3.ClH/c1-16-9(14)7-13-10(15)8-6-11(8)2-4-12-5-3-11;/h8,12H,2-7H2,1H3,(H,13,15);1H. The van der Waals surface area contributed by atoms with Crippen LogP contribution in [0.15, 0.2) is 0 Å². The number of piperidine rings is 1. The van der Waals surface area contributed by atoms with Gasteiger partial charge in [-0.1, -0.05) is 0 Å². The summed E-state index contributed by atoms with van der Waals surface area (Å²) in [6.07, 6.45) is 3.12. The Hall–Kier alpha value is -0.810. The van der Waals surface area contributed by atoms with E-state index >= 15 is 0 Å². The third-order valence-corrected chi connectivity index (χ3v) is 3.74. The average molecular weight is 263 g/mol. The first kappa shape index (κ1) is 14.3. The second-order valence-electron chi connectivity index (χ2n) is 4.66. The van der Waals surface area contributed by atoms with Crippen LogP contribution in [0.25, 0.3) is 0 Å². The number of halogens is 1. The lowest BCUT2D eigenvalue weighted by Crippen LogP contribution is -2.35. The molecule has 2 aliphatic rings. The summed E-state index contributed by atoms with van der Waals surface area (Å²) in [6.45, 7) is 1.99. The molecule has 1 saturated heterocycles. The minimum absolute atomic E-state index is 0. The molecule has 98 valence electrons. The average Bonchev–Trinajstić information content (AvgIpc) is 3.00. The number of amides is 1. The van der Waals surface area contributed by atoms with Gasteiger partial charge in [-0.3, -0.25) is 9.59 Å². The number of rotatable bonds is 3. The van der Waals surface area contributed by atoms with E-state index < -0.39 is 5.97 Å². The maximum Gasteiger partial charge on any atom is 0.325 e. The predicted molar refractivity (Wildman–Crippen MR) is 64.9 cm³/mol. The van der Waals surface area contributed by atoms with Crippen molar-refractivity contribution < 1.29 is 14.3 Å². The molecule has 0 aromatic rings. The molecular weight excluding hydrogens is 244 g/mol. The van der Waals surface area contributed by atoms with Crippen LogP contribution in [0, 0.1) is 11.3 Å². The summed E-state index contributed by atoms with van der Waals surface area (Å²) in [5, 5.41) is 5.93. The zero-order valence-corrected chi connectivity index (χ0v) is 10.8. The van der Waals surface area contributed by atoms with Gasteiger partial charge < -0.3 is 15.4 Å². The molecule has 2 N–H and O–H groups in total. The number of carbonyl (C=O) groups excluding carboxylic acids is 2. The molecule has 1 saturated carbocycles. The monoisotopic (exact) mass is 262 g/mol. The van der Waals surface area contributed by atoms with Crippen molar-refractivity contribution in [2.75, 3.05) is 26.7 Å². The van der Waals surface area contributed by atoms with E-state index in [1.807, 2.05) is 0 Å². The number of nitrogens with one attached hydrogen (secondary N) is 2. The van der Waals surface area contributed by atoms with Crippen LogP contribution in [0.5, 0.6) is 0 Å². The van der Waals surface area contributed by atoms with Crippen LogP contribution in [-0.4, -0.2) is 38.6 Å². The number of carbonyl (C=O) groups is 2. The Labute approximate surface area is 107 Å². The molecule has 2 rings (SSSR count). The molecule has 6 heteroatoms. The van der Waals surface area contributed by atoms with Crippen molar-refractivity contribution in [1.29, 1.82) is 0 Å². The quantitative estimate of drug-likeness (QED) is 0.708. The summed E-state index contributed by atoms with van der Waals surface area (Å²) in [6, 6.07) is 0. The summed E-state index contributed by atoms with van der Waals surface area (Å²) < 4.78 is 4.47. The number of methoxy groups -OCH3 is 1. The van der Waals surface area contributed by atoms with Crippen molar-refractivity contribution in [3.63, 3.8) is 0 Å². The van der Waals surface area contributed by atoms with Crippen molar-refractivity contribution in [3.8, 4) is 0 Å². The molecule has 17 heavy (non-hydrogen) atoms. The van der Waals surface area contributed by atoms with E-state index in [9.17, 15) is 9.59 Å². The maximum absolute atomic E-state index is 11.8. The van der Waals surface area contributed by atoms with Gasteiger partial charge in [0.15, 0.2) is 0 Å². The van der Waals surface area contributed by atoms with Crippen LogP contribution >= 0.6 is 12.4 Å². The Morgan fingerprint density at radius 1 is 1.41 bits per heavy atom. The topological polar surface area (TPSA) is 67.4 Å². The van der Waals surface area contributed by atoms with Gasteiger partial charge in [-0.2, -0.15) is 0 Å². The Kier molecular flexibility index (Phi) is 4.77. The van der Waals surface area contributed by atoms with E-state index in [-0.39, 0.29) is 36.2 Å². The molecule has 0 aromatic heterocycles. The third-order valence-electron chi connectivity index (χ3n) is 3.74. The van der Waals surface area contributed by atoms with E-state index in [1.165, 1.54) is 7.11 Å². The van der Waals surface area contributed by atoms with Crippen LogP contribution in [0.1, 0.15) is 19.3 Å². The number of hydrogen-bond donors (Lipinski definition) is 2. The lowest BCUT2D eigenvalue weighted by molar-refractivity contribution is -0.141. The highest BCUT2D eigenvalue weighted by Gasteiger charge is 2.57. The minimum atomic E-state index is -0.395. The fraction of sp³-hybridized carbons (Fsp3) is 0.818. The smallest absolute Gasteiger partial charge is 0.325 e. The zero-order chi connectivity index (χ0) is 11.6. The lowest BCUT2D eigenvalue weighted by atomic mass is 9.92. The van der Waals surface area contributed by atoms with Gasteiger partial charge in [-0.05, 0) is 37.8 Å². The molecule has 1 atom stereocenters. The second-order valence-corrected chi connectivity index (χ2v) is 4.66. The first-order chi connectivity index (χ1) is 7.68. The fourth-order valence-electron chi connectivity index (χ4n) is 2.55. The van der Waals surface area contributed by atoms with E-state index in [0.29, 0.717) is 0 Å². The van der Waals surface area contributed by atoms with Crippen LogP contribution in [0.4, 0.5) is 0 Å². The van der Waals surface area contributed by atoms with E-state index in [1.54, 1.807) is 0 Å². The van der Waals surface area contributed by atoms with Crippen LogP contribution in [0.3, 0.4) is 0 Å². The first-order valence-corrected chi connectivity index (χ1v) is 5.73. The molecule has 0 aromatic carbocycles. The number of ether oxygens (including phenoxy) is 1. The van der Waals surface area contributed by atoms with E-state index in [4.69, 9.17) is 0 Å². The maximum atomic E-state index is 11.8. The van der Waals surface area contributed by atoms with Gasteiger partial charge in [-0.25, -0.2) is 0 Å². The molecule has 5 nitrogen and oxygen atoms in total. The highest BCUT2D eigenvalue weighted by Crippen LogP contribution is 2.58. The van der Waals surface area contributed by atoms with E-state index in [2.05, 4.69) is 15.4 Å². The highest BCUT2D eigenvalue weighted by molar-refractivity contribution is 5.86. The van der Waals surface area contributed by atoms with Crippen molar-refractivity contribution in [2.24, 2.45) is 11.3 Å². The molecule has 0 bridgehead atoms. The van der Waals surface area contributed by atoms with Crippen molar-refractivity contribution in [1.82, 2.24) is 10.6 Å². The Bertz CT molecular complexity index is 303. The van der Waals surface area contributed by atoms with Crippen LogP contribution in [0.2, 0.25) is 0 Å². The predicted octanol–water partition coefficient (Wildman–Crippen LogP) is 0.0871. The van der Waals surface area contributed by atoms with Crippen molar-refractivity contribution >= 4 is 24.3 Å². The highest BCUT2D eigenvalue weighted by atomic mass is 35.5. The zero-order valence-electron chi connectivity index (χ0n) is 9.95. The van der Waals surface area contributed by atoms with Gasteiger partial charge in [0.05, 0.1) is 7.11 Å². The van der Waals surface area contributed by atoms with Gasteiger partial charge in [0.1, 0.15) is 6.54 Å². The molecule has 0 radical (unpaired) electrons. The summed E-state index contributed by atoms with van der Waals surface area (Å²) in [5.74, 6) is -0.278. The molecule has 1 aliphatic carbocycles. The number of hydrogen-bond acceptors (Lipinski definition) is 4. The minimum Gasteiger partial charge on any atom is -0.468 e. The van der Waals surface area contributed by atoms with Gasteiger partial charge in [-0.15, -0.1) is 12.4 Å². The van der Waals surface area contributed by atoms with Crippen molar-refractivity contribution in [3.05, 3.63) is 0 Å². The SMILES string of the molecule is COC(=O)CNC(=O)C1CC12CCNCC2.Cl. The van der Waals surface area contributed by atoms with E-state index in [0.717, 1.165) is 32.4 Å². The summed E-state index contributed by atoms with van der Waals surface area (Å²) in [5.41, 5.74) is 0.228. The second kappa shape index (κ2) is 5.69. The number of esters is 1. The van der Waals surface area contributed by atoms with Crippen LogP contribution < -0.4 is 10.6 Å². The normalized spacial score (nSPS) is 24.6. The van der Waals surface area contributed by atoms with Gasteiger partial charge in [0.25, 0.3) is 0 Å². The first-order valence-electron chi connectivity index (χ1n) is 5.73. The molecule has 1 aliphatic heterocycles. The summed E-state index contributed by atoms with van der Waals surface area (Å²) >= 11 is 0. The molecule has 2 fully saturated rings. The largest absolute Gasteiger partial charge is 0.468 e. The van der Waals surface area contributed by atoms with Crippen LogP contribution in [-0.2, 0) is 14.3 Å². The Balaban J connectivity index is 0.00000144.